The van der Waals surface area contributed by atoms with Crippen LogP contribution in [0.5, 0.6) is 0 Å². The molecule has 0 saturated heterocycles. The topological polar surface area (TPSA) is 22.0 Å². The third kappa shape index (κ3) is 6.30. The van der Waals surface area contributed by atoms with Gasteiger partial charge in [-0.2, -0.15) is 0 Å². The smallest absolute Gasteiger partial charge is 0.153 e. The van der Waals surface area contributed by atoms with Crippen molar-refractivity contribution in [2.75, 3.05) is 0 Å². The lowest BCUT2D eigenvalue weighted by molar-refractivity contribution is 0.112. The van der Waals surface area contributed by atoms with E-state index in [4.69, 9.17) is 0 Å². The van der Waals surface area contributed by atoms with Crippen LogP contribution in [0, 0.1) is 0 Å². The average molecular weight is 654 g/mol. The Morgan fingerprint density at radius 2 is 0.854 bits per heavy atom. The highest BCUT2D eigenvalue weighted by molar-refractivity contribution is 7.08. The molecule has 0 amide bonds. The predicted molar refractivity (Wildman–Crippen MR) is 210 cm³/mol. The Morgan fingerprint density at radius 1 is 0.479 bits per heavy atom. The number of hydrogen-bond donors (Lipinski definition) is 0. The van der Waals surface area contributed by atoms with Gasteiger partial charge in [0.25, 0.3) is 0 Å². The second-order valence-corrected chi connectivity index (χ2v) is 18.5. The van der Waals surface area contributed by atoms with Gasteiger partial charge in [-0.3, -0.25) is 4.79 Å². The highest BCUT2D eigenvalue weighted by Crippen LogP contribution is 2.41. The summed E-state index contributed by atoms with van der Waals surface area (Å²) in [5.74, 6) is 0. The monoisotopic (exact) mass is 653 g/mol. The molecule has 0 spiro atoms. The summed E-state index contributed by atoms with van der Waals surface area (Å²) in [7, 11) is 0. The van der Waals surface area contributed by atoms with E-state index in [0.29, 0.717) is 5.56 Å². The van der Waals surface area contributed by atoms with Gasteiger partial charge in [0, 0.05) is 27.1 Å². The maximum atomic E-state index is 12.2. The number of fused-ring (bicyclic) bond motifs is 3. The van der Waals surface area contributed by atoms with Crippen LogP contribution in [0.15, 0.2) is 83.6 Å². The maximum Gasteiger partial charge on any atom is 0.153 e. The Labute approximate surface area is 291 Å². The molecule has 2 nitrogen and oxygen atoms in total. The molecule has 0 unspecified atom stereocenters. The summed E-state index contributed by atoms with van der Waals surface area (Å²) in [6.07, 6.45) is 0.976. The number of rotatable bonds is 4. The van der Waals surface area contributed by atoms with Gasteiger partial charge in [0.05, 0.1) is 16.7 Å². The van der Waals surface area contributed by atoms with Crippen LogP contribution in [0.1, 0.15) is 116 Å². The molecule has 0 N–H and O–H groups in total. The highest BCUT2D eigenvalue weighted by Gasteiger charge is 2.24. The quantitative estimate of drug-likeness (QED) is 0.174. The third-order valence-corrected chi connectivity index (χ3v) is 10.5. The van der Waals surface area contributed by atoms with Crippen LogP contribution in [-0.2, 0) is 21.7 Å². The van der Waals surface area contributed by atoms with Gasteiger partial charge in [0.1, 0.15) is 0 Å². The van der Waals surface area contributed by atoms with E-state index in [-0.39, 0.29) is 21.7 Å². The lowest BCUT2D eigenvalue weighted by Gasteiger charge is -2.26. The summed E-state index contributed by atoms with van der Waals surface area (Å²) in [5.41, 5.74) is 14.2. The second kappa shape index (κ2) is 11.6. The van der Waals surface area contributed by atoms with Crippen LogP contribution in [0.2, 0.25) is 0 Å². The van der Waals surface area contributed by atoms with Crippen molar-refractivity contribution in [3.05, 3.63) is 111 Å². The number of carbonyl (C=O) groups excluding carboxylic acids is 1. The molecule has 0 atom stereocenters. The lowest BCUT2D eigenvalue weighted by atomic mass is 9.78. The fourth-order valence-electron chi connectivity index (χ4n) is 6.53. The molecule has 4 aromatic carbocycles. The number of aldehydes is 1. The summed E-state index contributed by atoms with van der Waals surface area (Å²) < 4.78 is 2.27. The van der Waals surface area contributed by atoms with Crippen molar-refractivity contribution in [2.24, 2.45) is 0 Å². The lowest BCUT2D eigenvalue weighted by Crippen LogP contribution is -2.16. The summed E-state index contributed by atoms with van der Waals surface area (Å²) in [4.78, 5) is 12.2. The van der Waals surface area contributed by atoms with E-state index in [2.05, 4.69) is 166 Å². The van der Waals surface area contributed by atoms with Gasteiger partial charge in [-0.1, -0.05) is 132 Å². The van der Waals surface area contributed by atoms with E-state index in [1.165, 1.54) is 55.3 Å². The number of benzene rings is 4. The van der Waals surface area contributed by atoms with E-state index in [9.17, 15) is 4.79 Å². The molecule has 0 saturated carbocycles. The van der Waals surface area contributed by atoms with Gasteiger partial charge in [0.2, 0.25) is 0 Å². The average Bonchev–Trinajstić information content (AvgIpc) is 3.60. The summed E-state index contributed by atoms with van der Waals surface area (Å²) >= 11 is 1.57. The van der Waals surface area contributed by atoms with E-state index >= 15 is 0 Å². The Morgan fingerprint density at radius 3 is 1.19 bits per heavy atom. The Balaban J connectivity index is 1.66. The van der Waals surface area contributed by atoms with Gasteiger partial charge in [-0.05, 0) is 90.4 Å². The van der Waals surface area contributed by atoms with Gasteiger partial charge >= 0.3 is 0 Å². The molecule has 6 rings (SSSR count). The SMILES string of the molecule is CC(C)(C)c1cc(-c2ccc3c(c2)c2cc(-c4cc(C(C)(C)C)cc(C(C)(C)C)c4)ccc2n3-c2cscc2C=O)cc(C(C)(C)C)c1. The van der Waals surface area contributed by atoms with Gasteiger partial charge in [-0.15, -0.1) is 11.3 Å². The van der Waals surface area contributed by atoms with Crippen LogP contribution in [0.4, 0.5) is 0 Å². The van der Waals surface area contributed by atoms with E-state index in [0.717, 1.165) is 23.0 Å². The van der Waals surface area contributed by atoms with Crippen LogP contribution in [0.25, 0.3) is 49.7 Å². The van der Waals surface area contributed by atoms with Gasteiger partial charge < -0.3 is 4.57 Å². The zero-order chi connectivity index (χ0) is 35.0. The molecule has 0 bridgehead atoms. The fraction of sp³-hybridized carbons (Fsp3) is 0.356. The van der Waals surface area contributed by atoms with E-state index in [1.807, 2.05) is 5.38 Å². The first-order valence-electron chi connectivity index (χ1n) is 17.2. The van der Waals surface area contributed by atoms with Gasteiger partial charge in [-0.25, -0.2) is 0 Å². The molecule has 248 valence electrons. The molecule has 0 aliphatic rings. The molecule has 0 fully saturated rings. The first-order valence-corrected chi connectivity index (χ1v) is 18.1. The van der Waals surface area contributed by atoms with Crippen LogP contribution >= 0.6 is 11.3 Å². The molecular formula is C45H51NOS. The molecular weight excluding hydrogens is 603 g/mol. The van der Waals surface area contributed by atoms with Crippen molar-refractivity contribution in [1.29, 1.82) is 0 Å². The molecule has 48 heavy (non-hydrogen) atoms. The zero-order valence-corrected chi connectivity index (χ0v) is 31.7. The van der Waals surface area contributed by atoms with Crippen molar-refractivity contribution < 1.29 is 4.79 Å². The van der Waals surface area contributed by atoms with Crippen LogP contribution in [-0.4, -0.2) is 10.9 Å². The van der Waals surface area contributed by atoms with Gasteiger partial charge in [0.15, 0.2) is 6.29 Å². The summed E-state index contributed by atoms with van der Waals surface area (Å²) in [6, 6.07) is 28.0. The molecule has 2 heterocycles. The van der Waals surface area contributed by atoms with Crippen molar-refractivity contribution in [3.8, 4) is 27.9 Å². The third-order valence-electron chi connectivity index (χ3n) is 9.80. The normalized spacial score (nSPS) is 13.1. The minimum Gasteiger partial charge on any atom is -0.308 e. The predicted octanol–water partition coefficient (Wildman–Crippen LogP) is 13.2. The highest BCUT2D eigenvalue weighted by atomic mass is 32.1. The number of hydrogen-bond acceptors (Lipinski definition) is 2. The van der Waals surface area contributed by atoms with E-state index < -0.39 is 0 Å². The van der Waals surface area contributed by atoms with Crippen molar-refractivity contribution >= 4 is 39.4 Å². The Hall–Kier alpha value is -3.95. The second-order valence-electron chi connectivity index (χ2n) is 17.7. The summed E-state index contributed by atoms with van der Waals surface area (Å²) in [6.45, 7) is 27.5. The molecule has 0 radical (unpaired) electrons. The van der Waals surface area contributed by atoms with Crippen molar-refractivity contribution in [3.63, 3.8) is 0 Å². The number of nitrogens with zero attached hydrogens (tertiary/aromatic N) is 1. The van der Waals surface area contributed by atoms with E-state index in [1.54, 1.807) is 11.3 Å². The minimum atomic E-state index is 0.0305. The van der Waals surface area contributed by atoms with Crippen LogP contribution in [0.3, 0.4) is 0 Å². The first-order chi connectivity index (χ1) is 22.3. The summed E-state index contributed by atoms with van der Waals surface area (Å²) in [5, 5.41) is 6.42. The van der Waals surface area contributed by atoms with Crippen molar-refractivity contribution in [1.82, 2.24) is 4.57 Å². The molecule has 3 heteroatoms. The molecule has 2 aromatic heterocycles. The van der Waals surface area contributed by atoms with Crippen LogP contribution < -0.4 is 0 Å². The molecule has 0 aliphatic heterocycles. The zero-order valence-electron chi connectivity index (χ0n) is 30.9. The first kappa shape index (κ1) is 33.9. The minimum absolute atomic E-state index is 0.0305. The standard InChI is InChI=1S/C45H51NOS/c1-42(2,3)33-17-30(18-34(23-33)43(4,5)6)28-13-15-39-37(21-28)38-22-29(14-16-40(38)46(39)41-27-48-26-32(41)25-47)31-19-35(44(7,8)9)24-36(20-31)45(10,11)12/h13-27H,1-12H3. The maximum absolute atomic E-state index is 12.2. The van der Waals surface area contributed by atoms with Crippen molar-refractivity contribution in [2.45, 2.75) is 105 Å². The Kier molecular flexibility index (Phi) is 8.19. The Bertz CT molecular complexity index is 1980. The number of aromatic nitrogens is 1. The fourth-order valence-corrected chi connectivity index (χ4v) is 7.29. The number of thiophene rings is 1. The number of carbonyl (C=O) groups is 1. The molecule has 0 aliphatic carbocycles. The molecule has 6 aromatic rings. The largest absolute Gasteiger partial charge is 0.308 e.